The predicted octanol–water partition coefficient (Wildman–Crippen LogP) is 3.92. The Morgan fingerprint density at radius 2 is 1.81 bits per heavy atom. The number of nitrogens with two attached hydrogens (primary N) is 1. The lowest BCUT2D eigenvalue weighted by Gasteiger charge is -2.32. The van der Waals surface area contributed by atoms with Crippen molar-refractivity contribution in [3.8, 4) is 0 Å². The highest BCUT2D eigenvalue weighted by Crippen LogP contribution is 2.32. The van der Waals surface area contributed by atoms with Crippen molar-refractivity contribution >= 4 is 28.5 Å². The van der Waals surface area contributed by atoms with Crippen LogP contribution in [0.15, 0.2) is 66.0 Å². The van der Waals surface area contributed by atoms with Crippen molar-refractivity contribution in [1.29, 1.82) is 0 Å². The first kappa shape index (κ1) is 23.5. The van der Waals surface area contributed by atoms with E-state index < -0.39 is 0 Å². The Labute approximate surface area is 210 Å². The molecule has 0 saturated heterocycles. The second kappa shape index (κ2) is 9.45. The number of nitrogen functional groups attached to an aromatic ring is 1. The molecule has 1 unspecified atom stereocenters. The maximum Gasteiger partial charge on any atom is 0.271 e. The van der Waals surface area contributed by atoms with Gasteiger partial charge in [0.05, 0.1) is 40.2 Å². The molecule has 0 saturated carbocycles. The summed E-state index contributed by atoms with van der Waals surface area (Å²) >= 11 is 0. The molecule has 36 heavy (non-hydrogen) atoms. The number of carbonyl (C=O) groups excluding carboxylic acids is 1. The topological polar surface area (TPSA) is 119 Å². The van der Waals surface area contributed by atoms with E-state index in [-0.39, 0.29) is 17.4 Å². The minimum absolute atomic E-state index is 0.0783. The molecule has 1 aliphatic rings. The van der Waals surface area contributed by atoms with Gasteiger partial charge in [-0.3, -0.25) is 14.8 Å². The Kier molecular flexibility index (Phi) is 6.18. The van der Waals surface area contributed by atoms with Crippen molar-refractivity contribution in [2.75, 3.05) is 12.3 Å². The molecule has 0 radical (unpaired) electrons. The molecule has 1 amide bonds. The number of amides is 1. The van der Waals surface area contributed by atoms with Crippen molar-refractivity contribution < 1.29 is 4.79 Å². The number of aliphatic imine (C=N–C) groups is 1. The number of aryl methyl sites for hydroxylation is 2. The zero-order valence-corrected chi connectivity index (χ0v) is 20.7. The zero-order valence-electron chi connectivity index (χ0n) is 20.7. The molecule has 0 bridgehead atoms. The molecule has 2 aromatic carbocycles. The summed E-state index contributed by atoms with van der Waals surface area (Å²) < 4.78 is 0. The third kappa shape index (κ3) is 4.66. The molecule has 3 heterocycles. The molecule has 5 rings (SSSR count). The summed E-state index contributed by atoms with van der Waals surface area (Å²) in [5, 5.41) is 3.05. The Morgan fingerprint density at radius 1 is 1.06 bits per heavy atom. The van der Waals surface area contributed by atoms with E-state index in [0.717, 1.165) is 40.9 Å². The van der Waals surface area contributed by atoms with Crippen LogP contribution in [0.25, 0.3) is 11.0 Å². The van der Waals surface area contributed by atoms with Gasteiger partial charge in [0.15, 0.2) is 0 Å². The molecule has 0 aliphatic carbocycles. The standard InChI is InChI=1S/C28H29N7O/c1-17-8-10-18(11-9-17)25-24-21(32-16-33-26(24)29)12-13-23(35-25)28(2,3)15-31-27(36)22-14-30-19-6-4-5-7-20(19)34-22/h4-11,14,16,23H,12-13,15H2,1-3H3,(H,31,36)(H2,29,32,33). The Balaban J connectivity index is 1.42. The van der Waals surface area contributed by atoms with E-state index >= 15 is 0 Å². The summed E-state index contributed by atoms with van der Waals surface area (Å²) in [5.74, 6) is 0.178. The minimum atomic E-state index is -0.347. The molecule has 8 heteroatoms. The van der Waals surface area contributed by atoms with Gasteiger partial charge in [-0.05, 0) is 31.9 Å². The number of rotatable bonds is 5. The van der Waals surface area contributed by atoms with E-state index in [1.807, 2.05) is 24.3 Å². The normalized spacial score (nSPS) is 15.6. The van der Waals surface area contributed by atoms with E-state index in [2.05, 4.69) is 70.3 Å². The number of fused-ring (bicyclic) bond motifs is 2. The summed E-state index contributed by atoms with van der Waals surface area (Å²) in [5.41, 5.74) is 12.4. The van der Waals surface area contributed by atoms with Crippen LogP contribution in [-0.2, 0) is 6.42 Å². The number of anilines is 1. The second-order valence-electron chi connectivity index (χ2n) is 9.89. The van der Waals surface area contributed by atoms with E-state index in [1.165, 1.54) is 18.1 Å². The van der Waals surface area contributed by atoms with E-state index in [0.29, 0.717) is 23.6 Å². The van der Waals surface area contributed by atoms with E-state index in [4.69, 9.17) is 10.7 Å². The van der Waals surface area contributed by atoms with Crippen LogP contribution < -0.4 is 11.1 Å². The lowest BCUT2D eigenvalue weighted by Crippen LogP contribution is -2.41. The monoisotopic (exact) mass is 479 g/mol. The number of nitrogens with one attached hydrogen (secondary N) is 1. The van der Waals surface area contributed by atoms with Gasteiger partial charge >= 0.3 is 0 Å². The molecule has 8 nitrogen and oxygen atoms in total. The molecule has 182 valence electrons. The molecule has 4 aromatic rings. The van der Waals surface area contributed by atoms with Gasteiger partial charge in [0.25, 0.3) is 5.91 Å². The van der Waals surface area contributed by atoms with Gasteiger partial charge in [-0.25, -0.2) is 15.0 Å². The number of aromatic nitrogens is 4. The van der Waals surface area contributed by atoms with Gasteiger partial charge in [0.1, 0.15) is 17.8 Å². The zero-order chi connectivity index (χ0) is 25.3. The maximum absolute atomic E-state index is 12.9. The van der Waals surface area contributed by atoms with Gasteiger partial charge in [0.2, 0.25) is 0 Å². The Hall–Kier alpha value is -4.20. The number of carbonyl (C=O) groups is 1. The van der Waals surface area contributed by atoms with Crippen LogP contribution in [-0.4, -0.2) is 44.1 Å². The van der Waals surface area contributed by atoms with Gasteiger partial charge < -0.3 is 11.1 Å². The highest BCUT2D eigenvalue weighted by molar-refractivity contribution is 6.16. The fourth-order valence-corrected chi connectivity index (χ4v) is 4.52. The molecule has 1 atom stereocenters. The fourth-order valence-electron chi connectivity index (χ4n) is 4.52. The number of para-hydroxylation sites is 2. The molecule has 2 aromatic heterocycles. The van der Waals surface area contributed by atoms with Gasteiger partial charge in [0, 0.05) is 17.5 Å². The lowest BCUT2D eigenvalue weighted by atomic mass is 9.82. The predicted molar refractivity (Wildman–Crippen MR) is 141 cm³/mol. The Bertz CT molecular complexity index is 1460. The SMILES string of the molecule is Cc1ccc(C2=NC(C(C)(C)CNC(=O)c3cnc4ccccc4n3)CCc3ncnc(N)c32)cc1. The van der Waals surface area contributed by atoms with Crippen LogP contribution >= 0.6 is 0 Å². The first-order valence-corrected chi connectivity index (χ1v) is 12.1. The summed E-state index contributed by atoms with van der Waals surface area (Å²) in [6.07, 6.45) is 4.52. The molecular formula is C28H29N7O. The largest absolute Gasteiger partial charge is 0.383 e. The fraction of sp³-hybridized carbons (Fsp3) is 0.286. The van der Waals surface area contributed by atoms with Crippen LogP contribution in [0.5, 0.6) is 0 Å². The Morgan fingerprint density at radius 3 is 2.58 bits per heavy atom. The molecule has 0 spiro atoms. The van der Waals surface area contributed by atoms with E-state index in [1.54, 1.807) is 0 Å². The quantitative estimate of drug-likeness (QED) is 0.448. The van der Waals surface area contributed by atoms with Crippen LogP contribution in [0.2, 0.25) is 0 Å². The average Bonchev–Trinajstić information content (AvgIpc) is 3.09. The molecule has 1 aliphatic heterocycles. The number of benzene rings is 2. The third-order valence-corrected chi connectivity index (χ3v) is 6.74. The summed E-state index contributed by atoms with van der Waals surface area (Å²) in [6, 6.07) is 15.7. The highest BCUT2D eigenvalue weighted by Gasteiger charge is 2.34. The van der Waals surface area contributed by atoms with Crippen LogP contribution in [0.1, 0.15) is 53.1 Å². The van der Waals surface area contributed by atoms with Crippen molar-refractivity contribution in [2.24, 2.45) is 10.4 Å². The molecular weight excluding hydrogens is 450 g/mol. The van der Waals surface area contributed by atoms with Gasteiger partial charge in [-0.1, -0.05) is 55.8 Å². The van der Waals surface area contributed by atoms with Gasteiger partial charge in [-0.15, -0.1) is 0 Å². The minimum Gasteiger partial charge on any atom is -0.383 e. The summed E-state index contributed by atoms with van der Waals surface area (Å²) in [4.78, 5) is 35.8. The maximum atomic E-state index is 12.9. The summed E-state index contributed by atoms with van der Waals surface area (Å²) in [6.45, 7) is 6.71. The smallest absolute Gasteiger partial charge is 0.271 e. The first-order chi connectivity index (χ1) is 17.3. The third-order valence-electron chi connectivity index (χ3n) is 6.74. The van der Waals surface area contributed by atoms with Crippen LogP contribution in [0.3, 0.4) is 0 Å². The van der Waals surface area contributed by atoms with Crippen molar-refractivity contribution in [1.82, 2.24) is 25.3 Å². The highest BCUT2D eigenvalue weighted by atomic mass is 16.1. The lowest BCUT2D eigenvalue weighted by molar-refractivity contribution is 0.0925. The van der Waals surface area contributed by atoms with Crippen molar-refractivity contribution in [3.63, 3.8) is 0 Å². The van der Waals surface area contributed by atoms with E-state index in [9.17, 15) is 4.79 Å². The van der Waals surface area contributed by atoms with Gasteiger partial charge in [-0.2, -0.15) is 0 Å². The second-order valence-corrected chi connectivity index (χ2v) is 9.89. The van der Waals surface area contributed by atoms with Crippen LogP contribution in [0, 0.1) is 12.3 Å². The van der Waals surface area contributed by atoms with Crippen LogP contribution in [0.4, 0.5) is 5.82 Å². The molecule has 3 N–H and O–H groups in total. The summed E-state index contributed by atoms with van der Waals surface area (Å²) in [7, 11) is 0. The number of hydrogen-bond donors (Lipinski definition) is 2. The average molecular weight is 480 g/mol. The number of hydrogen-bond acceptors (Lipinski definition) is 7. The van der Waals surface area contributed by atoms with Crippen molar-refractivity contribution in [3.05, 3.63) is 89.1 Å². The van der Waals surface area contributed by atoms with Crippen molar-refractivity contribution in [2.45, 2.75) is 39.7 Å². The number of nitrogens with zero attached hydrogens (tertiary/aromatic N) is 5. The first-order valence-electron chi connectivity index (χ1n) is 12.1. The molecule has 0 fully saturated rings.